The largest absolute Gasteiger partial charge is 0.493 e. The number of furan rings is 1. The third-order valence-electron chi connectivity index (χ3n) is 3.61. The number of carbonyl (C=O) groups excluding carboxylic acids is 1. The molecule has 0 unspecified atom stereocenters. The van der Waals surface area contributed by atoms with Crippen molar-refractivity contribution in [2.45, 2.75) is 0 Å². The monoisotopic (exact) mass is 347 g/mol. The fourth-order valence-corrected chi connectivity index (χ4v) is 2.42. The molecule has 1 amide bonds. The molecule has 0 fully saturated rings. The van der Waals surface area contributed by atoms with E-state index in [0.29, 0.717) is 33.7 Å². The number of nitrogens with zero attached hydrogens (tertiary/aromatic N) is 2. The van der Waals surface area contributed by atoms with Crippen LogP contribution < -0.4 is 14.8 Å². The maximum atomic E-state index is 12.2. The summed E-state index contributed by atoms with van der Waals surface area (Å²) < 4.78 is 16.0. The Morgan fingerprint density at radius 1 is 1.15 bits per heavy atom. The number of hydrogen-bond acceptors (Lipinski definition) is 6. The predicted molar refractivity (Wildman–Crippen MR) is 92.8 cm³/mol. The lowest BCUT2D eigenvalue weighted by molar-refractivity contribution is -0.118. The number of methoxy groups -OCH3 is 1. The molecule has 2 aromatic carbocycles. The molecule has 0 spiro atoms. The van der Waals surface area contributed by atoms with Gasteiger partial charge in [-0.1, -0.05) is 12.1 Å². The molecule has 128 valence electrons. The number of carbonyl (C=O) groups is 1. The molecule has 0 bridgehead atoms. The number of fused-ring (bicyclic) bond motifs is 1. The molecular formula is C19H13N3O4. The van der Waals surface area contributed by atoms with E-state index in [2.05, 4.69) is 5.32 Å². The zero-order valence-corrected chi connectivity index (χ0v) is 13.8. The summed E-state index contributed by atoms with van der Waals surface area (Å²) >= 11 is 0. The van der Waals surface area contributed by atoms with E-state index in [0.717, 1.165) is 0 Å². The van der Waals surface area contributed by atoms with Gasteiger partial charge in [0.1, 0.15) is 17.3 Å². The molecule has 3 rings (SSSR count). The fourth-order valence-electron chi connectivity index (χ4n) is 2.42. The van der Waals surface area contributed by atoms with Gasteiger partial charge in [-0.2, -0.15) is 10.5 Å². The standard InChI is InChI=1S/C19H13N3O4/c1-24-16-8-12(9-20)6-7-15(16)25-11-18(23)22-19-13-4-2-3-5-14(13)26-17(19)10-21/h2-8H,11H2,1H3,(H,22,23). The van der Waals surface area contributed by atoms with Gasteiger partial charge in [-0.25, -0.2) is 0 Å². The Bertz CT molecular complexity index is 1060. The Morgan fingerprint density at radius 3 is 2.69 bits per heavy atom. The molecule has 0 saturated carbocycles. The Morgan fingerprint density at radius 2 is 1.96 bits per heavy atom. The van der Waals surface area contributed by atoms with Crippen molar-refractivity contribution >= 4 is 22.6 Å². The minimum Gasteiger partial charge on any atom is -0.493 e. The third-order valence-corrected chi connectivity index (χ3v) is 3.61. The summed E-state index contributed by atoms with van der Waals surface area (Å²) in [5.74, 6) is 0.248. The average molecular weight is 347 g/mol. The summed E-state index contributed by atoms with van der Waals surface area (Å²) in [5, 5.41) is 21.4. The maximum Gasteiger partial charge on any atom is 0.262 e. The first-order valence-corrected chi connectivity index (χ1v) is 7.58. The van der Waals surface area contributed by atoms with Crippen LogP contribution in [0, 0.1) is 22.7 Å². The van der Waals surface area contributed by atoms with Crippen molar-refractivity contribution in [1.82, 2.24) is 0 Å². The second kappa shape index (κ2) is 7.29. The Labute approximate surface area is 149 Å². The van der Waals surface area contributed by atoms with Gasteiger partial charge in [-0.15, -0.1) is 0 Å². The molecule has 7 nitrogen and oxygen atoms in total. The SMILES string of the molecule is COc1cc(C#N)ccc1OCC(=O)Nc1c(C#N)oc2ccccc12. The highest BCUT2D eigenvalue weighted by molar-refractivity contribution is 6.03. The normalized spacial score (nSPS) is 9.96. The lowest BCUT2D eigenvalue weighted by Crippen LogP contribution is -2.20. The van der Waals surface area contributed by atoms with Crippen LogP contribution in [0.4, 0.5) is 5.69 Å². The van der Waals surface area contributed by atoms with Gasteiger partial charge < -0.3 is 19.2 Å². The van der Waals surface area contributed by atoms with Gasteiger partial charge in [0.2, 0.25) is 5.76 Å². The van der Waals surface area contributed by atoms with Gasteiger partial charge in [0.25, 0.3) is 5.91 Å². The molecule has 1 N–H and O–H groups in total. The van der Waals surface area contributed by atoms with E-state index >= 15 is 0 Å². The molecule has 0 aliphatic heterocycles. The molecule has 0 atom stereocenters. The van der Waals surface area contributed by atoms with Gasteiger partial charge in [0, 0.05) is 11.5 Å². The highest BCUT2D eigenvalue weighted by Gasteiger charge is 2.17. The Hall–Kier alpha value is -3.97. The quantitative estimate of drug-likeness (QED) is 0.759. The lowest BCUT2D eigenvalue weighted by Gasteiger charge is -2.10. The molecular weight excluding hydrogens is 334 g/mol. The lowest BCUT2D eigenvalue weighted by atomic mass is 10.2. The zero-order valence-electron chi connectivity index (χ0n) is 13.8. The van der Waals surface area contributed by atoms with E-state index in [9.17, 15) is 10.1 Å². The fraction of sp³-hybridized carbons (Fsp3) is 0.105. The van der Waals surface area contributed by atoms with Crippen molar-refractivity contribution in [3.8, 4) is 23.6 Å². The topological polar surface area (TPSA) is 108 Å². The van der Waals surface area contributed by atoms with E-state index in [-0.39, 0.29) is 12.4 Å². The minimum atomic E-state index is -0.459. The number of hydrogen-bond donors (Lipinski definition) is 1. The van der Waals surface area contributed by atoms with Crippen LogP contribution in [0.15, 0.2) is 46.9 Å². The molecule has 7 heteroatoms. The molecule has 0 radical (unpaired) electrons. The second-order valence-electron chi connectivity index (χ2n) is 5.23. The van der Waals surface area contributed by atoms with Crippen LogP contribution in [-0.4, -0.2) is 19.6 Å². The van der Waals surface area contributed by atoms with Gasteiger partial charge in [-0.05, 0) is 24.3 Å². The zero-order chi connectivity index (χ0) is 18.5. The Kier molecular flexibility index (Phi) is 4.73. The summed E-state index contributed by atoms with van der Waals surface area (Å²) in [4.78, 5) is 12.2. The van der Waals surface area contributed by atoms with Crippen LogP contribution in [0.2, 0.25) is 0 Å². The average Bonchev–Trinajstić information content (AvgIpc) is 3.03. The van der Waals surface area contributed by atoms with Crippen molar-refractivity contribution in [1.29, 1.82) is 10.5 Å². The number of para-hydroxylation sites is 1. The summed E-state index contributed by atoms with van der Waals surface area (Å²) in [7, 11) is 1.44. The van der Waals surface area contributed by atoms with Crippen LogP contribution >= 0.6 is 0 Å². The number of nitriles is 2. The maximum absolute atomic E-state index is 12.2. The summed E-state index contributed by atoms with van der Waals surface area (Å²) in [5.41, 5.74) is 1.24. The first-order valence-electron chi connectivity index (χ1n) is 7.58. The first kappa shape index (κ1) is 16.9. The van der Waals surface area contributed by atoms with Gasteiger partial charge >= 0.3 is 0 Å². The molecule has 0 aliphatic rings. The van der Waals surface area contributed by atoms with Crippen molar-refractivity contribution in [3.63, 3.8) is 0 Å². The highest BCUT2D eigenvalue weighted by Crippen LogP contribution is 2.31. The van der Waals surface area contributed by atoms with Crippen molar-refractivity contribution < 1.29 is 18.7 Å². The van der Waals surface area contributed by atoms with Crippen molar-refractivity contribution in [2.24, 2.45) is 0 Å². The minimum absolute atomic E-state index is 0.0236. The first-order chi connectivity index (χ1) is 12.7. The summed E-state index contributed by atoms with van der Waals surface area (Å²) in [6.07, 6.45) is 0. The number of rotatable bonds is 5. The van der Waals surface area contributed by atoms with Crippen LogP contribution in [0.3, 0.4) is 0 Å². The van der Waals surface area contributed by atoms with Gasteiger partial charge in [0.15, 0.2) is 18.1 Å². The van der Waals surface area contributed by atoms with E-state index in [4.69, 9.17) is 19.2 Å². The second-order valence-corrected chi connectivity index (χ2v) is 5.23. The highest BCUT2D eigenvalue weighted by atomic mass is 16.5. The summed E-state index contributed by atoms with van der Waals surface area (Å²) in [6.45, 7) is -0.299. The van der Waals surface area contributed by atoms with Gasteiger partial charge in [0.05, 0.1) is 18.7 Å². The number of anilines is 1. The molecule has 1 heterocycles. The number of ether oxygens (including phenoxy) is 2. The number of benzene rings is 2. The predicted octanol–water partition coefficient (Wildman–Crippen LogP) is 3.20. The Balaban J connectivity index is 1.75. The molecule has 26 heavy (non-hydrogen) atoms. The summed E-state index contributed by atoms with van der Waals surface area (Å²) in [6, 6.07) is 15.6. The van der Waals surface area contributed by atoms with Crippen LogP contribution in [0.1, 0.15) is 11.3 Å². The third kappa shape index (κ3) is 3.28. The number of nitrogens with one attached hydrogen (secondary N) is 1. The van der Waals surface area contributed by atoms with Crippen molar-refractivity contribution in [3.05, 3.63) is 53.8 Å². The van der Waals surface area contributed by atoms with E-state index in [1.807, 2.05) is 12.1 Å². The van der Waals surface area contributed by atoms with Crippen LogP contribution in [0.25, 0.3) is 11.0 Å². The van der Waals surface area contributed by atoms with E-state index in [1.165, 1.54) is 13.2 Å². The smallest absolute Gasteiger partial charge is 0.262 e. The van der Waals surface area contributed by atoms with E-state index < -0.39 is 5.91 Å². The molecule has 0 saturated heterocycles. The molecule has 1 aromatic heterocycles. The van der Waals surface area contributed by atoms with Crippen LogP contribution in [-0.2, 0) is 4.79 Å². The van der Waals surface area contributed by atoms with Crippen molar-refractivity contribution in [2.75, 3.05) is 19.0 Å². The molecule has 0 aliphatic carbocycles. The van der Waals surface area contributed by atoms with Gasteiger partial charge in [-0.3, -0.25) is 4.79 Å². The number of amides is 1. The van der Waals surface area contributed by atoms with Crippen LogP contribution in [0.5, 0.6) is 11.5 Å². The molecule has 3 aromatic rings. The van der Waals surface area contributed by atoms with E-state index in [1.54, 1.807) is 36.4 Å².